The number of thiophene rings is 1. The van der Waals surface area contributed by atoms with Gasteiger partial charge in [0, 0.05) is 22.3 Å². The van der Waals surface area contributed by atoms with Crippen molar-refractivity contribution in [3.63, 3.8) is 0 Å². The predicted molar refractivity (Wildman–Crippen MR) is 65.5 cm³/mol. The molecule has 0 spiro atoms. The summed E-state index contributed by atoms with van der Waals surface area (Å²) < 4.78 is 0. The minimum Gasteiger partial charge on any atom is -0.394 e. The van der Waals surface area contributed by atoms with Gasteiger partial charge in [0.1, 0.15) is 0 Å². The van der Waals surface area contributed by atoms with Crippen LogP contribution >= 0.6 is 11.3 Å². The Balaban J connectivity index is 2.70. The van der Waals surface area contributed by atoms with E-state index in [1.807, 2.05) is 25.8 Å². The van der Waals surface area contributed by atoms with Gasteiger partial charge in [0.2, 0.25) is 5.91 Å². The third kappa shape index (κ3) is 3.04. The van der Waals surface area contributed by atoms with Crippen LogP contribution in [0.5, 0.6) is 0 Å². The summed E-state index contributed by atoms with van der Waals surface area (Å²) in [5.74, 6) is -0.397. The third-order valence-electron chi connectivity index (χ3n) is 2.75. The molecule has 4 nitrogen and oxygen atoms in total. The Morgan fingerprint density at radius 3 is 2.69 bits per heavy atom. The van der Waals surface area contributed by atoms with Crippen LogP contribution in [0.15, 0.2) is 11.4 Å². The van der Waals surface area contributed by atoms with Gasteiger partial charge in [-0.1, -0.05) is 0 Å². The Labute approximate surface area is 99.7 Å². The Bertz CT molecular complexity index is 374. The lowest BCUT2D eigenvalue weighted by molar-refractivity contribution is 0.0741. The molecule has 1 amide bonds. The van der Waals surface area contributed by atoms with Crippen molar-refractivity contribution in [3.05, 3.63) is 21.9 Å². The third-order valence-corrected chi connectivity index (χ3v) is 3.67. The maximum Gasteiger partial charge on any atom is 0.249 e. The SMILES string of the molecule is CN(Cc1cc(C(N)=O)cs1)C(C)(C)CO. The van der Waals surface area contributed by atoms with Crippen LogP contribution in [0.2, 0.25) is 0 Å². The lowest BCUT2D eigenvalue weighted by atomic mass is 10.1. The number of primary amides is 1. The molecule has 16 heavy (non-hydrogen) atoms. The lowest BCUT2D eigenvalue weighted by Gasteiger charge is -2.33. The van der Waals surface area contributed by atoms with Crippen molar-refractivity contribution in [2.75, 3.05) is 13.7 Å². The first-order chi connectivity index (χ1) is 7.36. The van der Waals surface area contributed by atoms with Crippen LogP contribution in [0.25, 0.3) is 0 Å². The van der Waals surface area contributed by atoms with E-state index < -0.39 is 5.91 Å². The molecule has 0 aliphatic heterocycles. The molecule has 0 saturated carbocycles. The van der Waals surface area contributed by atoms with Crippen molar-refractivity contribution < 1.29 is 9.90 Å². The van der Waals surface area contributed by atoms with Crippen LogP contribution in [0.3, 0.4) is 0 Å². The average molecular weight is 242 g/mol. The summed E-state index contributed by atoms with van der Waals surface area (Å²) >= 11 is 1.51. The highest BCUT2D eigenvalue weighted by Crippen LogP contribution is 2.20. The molecule has 1 heterocycles. The number of amides is 1. The first-order valence-electron chi connectivity index (χ1n) is 5.06. The molecule has 0 bridgehead atoms. The molecule has 0 radical (unpaired) electrons. The molecule has 5 heteroatoms. The van der Waals surface area contributed by atoms with Crippen molar-refractivity contribution in [2.45, 2.75) is 25.9 Å². The molecule has 1 rings (SSSR count). The maximum atomic E-state index is 10.9. The van der Waals surface area contributed by atoms with Gasteiger partial charge in [-0.05, 0) is 27.0 Å². The van der Waals surface area contributed by atoms with E-state index >= 15 is 0 Å². The number of likely N-dealkylation sites (N-methyl/N-ethyl adjacent to an activating group) is 1. The second kappa shape index (κ2) is 4.95. The van der Waals surface area contributed by atoms with Gasteiger partial charge in [-0.15, -0.1) is 11.3 Å². The fraction of sp³-hybridized carbons (Fsp3) is 0.545. The number of hydrogen-bond acceptors (Lipinski definition) is 4. The zero-order valence-corrected chi connectivity index (χ0v) is 10.7. The van der Waals surface area contributed by atoms with Crippen LogP contribution in [-0.4, -0.2) is 35.1 Å². The molecule has 1 aromatic heterocycles. The van der Waals surface area contributed by atoms with Crippen LogP contribution in [0.1, 0.15) is 29.1 Å². The van der Waals surface area contributed by atoms with Gasteiger partial charge in [-0.25, -0.2) is 0 Å². The quantitative estimate of drug-likeness (QED) is 0.811. The Morgan fingerprint density at radius 2 is 2.25 bits per heavy atom. The fourth-order valence-electron chi connectivity index (χ4n) is 1.16. The molecule has 0 fully saturated rings. The van der Waals surface area contributed by atoms with Crippen molar-refractivity contribution in [3.8, 4) is 0 Å². The minimum atomic E-state index is -0.397. The molecule has 0 aromatic carbocycles. The highest BCUT2D eigenvalue weighted by Gasteiger charge is 2.22. The van der Waals surface area contributed by atoms with Crippen LogP contribution < -0.4 is 5.73 Å². The highest BCUT2D eigenvalue weighted by molar-refractivity contribution is 7.10. The van der Waals surface area contributed by atoms with Gasteiger partial charge in [0.05, 0.1) is 12.2 Å². The van der Waals surface area contributed by atoms with E-state index in [-0.39, 0.29) is 12.1 Å². The summed E-state index contributed by atoms with van der Waals surface area (Å²) in [5.41, 5.74) is 5.47. The molecule has 0 aliphatic carbocycles. The second-order valence-electron chi connectivity index (χ2n) is 4.49. The topological polar surface area (TPSA) is 66.6 Å². The van der Waals surface area contributed by atoms with Gasteiger partial charge in [-0.2, -0.15) is 0 Å². The number of nitrogens with two attached hydrogens (primary N) is 1. The molecular weight excluding hydrogens is 224 g/mol. The predicted octanol–water partition coefficient (Wildman–Crippen LogP) is 1.05. The van der Waals surface area contributed by atoms with Crippen LogP contribution in [-0.2, 0) is 6.54 Å². The molecule has 0 aliphatic rings. The summed E-state index contributed by atoms with van der Waals surface area (Å²) in [6.45, 7) is 4.73. The summed E-state index contributed by atoms with van der Waals surface area (Å²) in [5, 5.41) is 11.0. The average Bonchev–Trinajstić information content (AvgIpc) is 2.66. The number of aliphatic hydroxyl groups is 1. The monoisotopic (exact) mass is 242 g/mol. The number of aliphatic hydroxyl groups excluding tert-OH is 1. The summed E-state index contributed by atoms with van der Waals surface area (Å²) in [6.07, 6.45) is 0. The number of rotatable bonds is 5. The second-order valence-corrected chi connectivity index (χ2v) is 5.49. The van der Waals surface area contributed by atoms with E-state index in [0.717, 1.165) is 4.88 Å². The van der Waals surface area contributed by atoms with Crippen molar-refractivity contribution in [2.24, 2.45) is 5.73 Å². The molecule has 0 atom stereocenters. The zero-order chi connectivity index (χ0) is 12.3. The summed E-state index contributed by atoms with van der Waals surface area (Å²) in [4.78, 5) is 14.0. The fourth-order valence-corrected chi connectivity index (χ4v) is 2.09. The van der Waals surface area contributed by atoms with Crippen molar-refractivity contribution in [1.82, 2.24) is 4.90 Å². The van der Waals surface area contributed by atoms with Crippen molar-refractivity contribution in [1.29, 1.82) is 0 Å². The summed E-state index contributed by atoms with van der Waals surface area (Å²) in [7, 11) is 1.94. The normalized spacial score (nSPS) is 12.1. The van der Waals surface area contributed by atoms with E-state index in [1.54, 1.807) is 11.4 Å². The van der Waals surface area contributed by atoms with Crippen LogP contribution in [0.4, 0.5) is 0 Å². The largest absolute Gasteiger partial charge is 0.394 e. The van der Waals surface area contributed by atoms with E-state index in [9.17, 15) is 9.90 Å². The molecule has 3 N–H and O–H groups in total. The van der Waals surface area contributed by atoms with Gasteiger partial charge in [-0.3, -0.25) is 9.69 Å². The number of carbonyl (C=O) groups excluding carboxylic acids is 1. The molecule has 0 unspecified atom stereocenters. The van der Waals surface area contributed by atoms with Gasteiger partial charge < -0.3 is 10.8 Å². The molecular formula is C11H18N2O2S. The molecule has 0 saturated heterocycles. The van der Waals surface area contributed by atoms with E-state index in [0.29, 0.717) is 12.1 Å². The number of nitrogens with zero attached hydrogens (tertiary/aromatic N) is 1. The smallest absolute Gasteiger partial charge is 0.249 e. The number of carbonyl (C=O) groups is 1. The zero-order valence-electron chi connectivity index (χ0n) is 9.86. The standard InChI is InChI=1S/C11H18N2O2S/c1-11(2,7-14)13(3)5-9-4-8(6-16-9)10(12)15/h4,6,14H,5,7H2,1-3H3,(H2,12,15). The van der Waals surface area contributed by atoms with Gasteiger partial charge in [0.15, 0.2) is 0 Å². The first-order valence-corrected chi connectivity index (χ1v) is 5.94. The maximum absolute atomic E-state index is 10.9. The Morgan fingerprint density at radius 1 is 1.62 bits per heavy atom. The Kier molecular flexibility index (Phi) is 4.07. The van der Waals surface area contributed by atoms with Gasteiger partial charge >= 0.3 is 0 Å². The van der Waals surface area contributed by atoms with E-state index in [1.165, 1.54) is 11.3 Å². The lowest BCUT2D eigenvalue weighted by Crippen LogP contribution is -2.43. The van der Waals surface area contributed by atoms with Gasteiger partial charge in [0.25, 0.3) is 0 Å². The molecule has 90 valence electrons. The van der Waals surface area contributed by atoms with E-state index in [2.05, 4.69) is 0 Å². The summed E-state index contributed by atoms with van der Waals surface area (Å²) in [6, 6.07) is 1.80. The van der Waals surface area contributed by atoms with E-state index in [4.69, 9.17) is 5.73 Å². The minimum absolute atomic E-state index is 0.0948. The number of hydrogen-bond donors (Lipinski definition) is 2. The molecule has 1 aromatic rings. The van der Waals surface area contributed by atoms with Crippen molar-refractivity contribution >= 4 is 17.2 Å². The highest BCUT2D eigenvalue weighted by atomic mass is 32.1. The van der Waals surface area contributed by atoms with Crippen LogP contribution in [0, 0.1) is 0 Å². The first kappa shape index (κ1) is 13.2. The Hall–Kier alpha value is -0.910.